The molecule has 8 aromatic carbocycles. The number of nitrogens with zero attached hydrogens (tertiary/aromatic N) is 8. The fourth-order valence-electron chi connectivity index (χ4n) is 9.18. The maximum atomic E-state index is 4.47. The first-order valence-corrected chi connectivity index (χ1v) is 21.2. The van der Waals surface area contributed by atoms with Crippen molar-refractivity contribution in [3.63, 3.8) is 0 Å². The second-order valence-corrected chi connectivity index (χ2v) is 15.7. The van der Waals surface area contributed by atoms with Crippen LogP contribution >= 0.6 is 0 Å². The molecule has 311 valence electrons. The number of benzene rings is 8. The minimum Gasteiger partial charge on any atom is -0.383 e. The molecule has 5 aromatic heterocycles. The fourth-order valence-corrected chi connectivity index (χ4v) is 9.18. The molecular formula is C56H36IrN8-2. The van der Waals surface area contributed by atoms with Crippen molar-refractivity contribution in [2.24, 2.45) is 7.05 Å². The Labute approximate surface area is 387 Å². The van der Waals surface area contributed by atoms with Crippen LogP contribution in [0.4, 0.5) is 0 Å². The quantitative estimate of drug-likeness (QED) is 0.161. The summed E-state index contributed by atoms with van der Waals surface area (Å²) in [6, 6.07) is 73.4. The van der Waals surface area contributed by atoms with E-state index in [1.807, 2.05) is 54.7 Å². The van der Waals surface area contributed by atoms with Crippen molar-refractivity contribution >= 4 is 65.4 Å². The van der Waals surface area contributed by atoms with E-state index in [0.717, 1.165) is 44.8 Å². The third kappa shape index (κ3) is 6.77. The number of aryl methyl sites for hydroxylation is 1. The van der Waals surface area contributed by atoms with Crippen LogP contribution in [0.1, 0.15) is 0 Å². The summed E-state index contributed by atoms with van der Waals surface area (Å²) in [6.45, 7) is 0. The van der Waals surface area contributed by atoms with Crippen molar-refractivity contribution in [1.82, 2.24) is 39.1 Å². The summed E-state index contributed by atoms with van der Waals surface area (Å²) < 4.78 is 6.77. The number of hydrogen-bond acceptors (Lipinski definition) is 5. The van der Waals surface area contributed by atoms with Gasteiger partial charge in [0.05, 0.1) is 11.0 Å². The summed E-state index contributed by atoms with van der Waals surface area (Å²) in [6.07, 6.45) is 1.82. The fraction of sp³-hybridized carbons (Fsp3) is 0.0179. The van der Waals surface area contributed by atoms with Crippen molar-refractivity contribution in [2.45, 2.75) is 0 Å². The van der Waals surface area contributed by atoms with E-state index in [9.17, 15) is 0 Å². The van der Waals surface area contributed by atoms with E-state index < -0.39 is 0 Å². The molecule has 0 saturated carbocycles. The van der Waals surface area contributed by atoms with Gasteiger partial charge in [-0.1, -0.05) is 109 Å². The van der Waals surface area contributed by atoms with Crippen LogP contribution in [0.5, 0.6) is 0 Å². The third-order valence-corrected chi connectivity index (χ3v) is 12.1. The van der Waals surface area contributed by atoms with Crippen molar-refractivity contribution in [1.29, 1.82) is 0 Å². The maximum Gasteiger partial charge on any atom is 0.201 e. The Morgan fingerprint density at radius 2 is 0.892 bits per heavy atom. The van der Waals surface area contributed by atoms with E-state index in [1.54, 1.807) is 0 Å². The van der Waals surface area contributed by atoms with Gasteiger partial charge in [0.1, 0.15) is 5.82 Å². The normalized spacial score (nSPS) is 11.3. The molecule has 0 bridgehead atoms. The van der Waals surface area contributed by atoms with Gasteiger partial charge in [0, 0.05) is 82.7 Å². The minimum absolute atomic E-state index is 0. The number of para-hydroxylation sites is 5. The number of hydrogen-bond donors (Lipinski definition) is 0. The molecule has 9 heteroatoms. The molecule has 8 nitrogen and oxygen atoms in total. The van der Waals surface area contributed by atoms with Crippen LogP contribution in [-0.4, -0.2) is 39.1 Å². The molecule has 0 spiro atoms. The van der Waals surface area contributed by atoms with Gasteiger partial charge < -0.3 is 18.7 Å². The van der Waals surface area contributed by atoms with Gasteiger partial charge in [-0.25, -0.2) is 0 Å². The number of rotatable bonds is 5. The van der Waals surface area contributed by atoms with E-state index in [0.29, 0.717) is 11.6 Å². The molecule has 0 fully saturated rings. The SMILES string of the molecule is Cn1c2ccccc2c2cc[c-]c(-c3ccccn3)c21.[Ir].[c-]1cc(-n2c3ccccc3c3ccccc32)ccc1-c1nnc(-c2ccc(-n3c4ccccc4c4ccccc43)cc2)nn1. The standard InChI is InChI=1S/C38H23N6.C18H13N2.Ir/c1-5-13-33-29(9-1)30-10-2-6-14-34(30)43(33)27-21-17-25(18-22-27)37-39-41-38(42-40-37)26-19-23-28(24-20-26)44-35-15-7-3-11-31(35)32-12-4-8-16-36(32)44;1-20-17-11-3-2-7-13(17)14-8-6-9-15(18(14)20)16-10-4-5-12-19-16;/h1-19,21-24H;2-8,10-12H,1H3;/q2*-1;. The van der Waals surface area contributed by atoms with Crippen LogP contribution < -0.4 is 0 Å². The summed E-state index contributed by atoms with van der Waals surface area (Å²) >= 11 is 0. The van der Waals surface area contributed by atoms with Crippen LogP contribution in [0.2, 0.25) is 0 Å². The molecule has 0 aliphatic rings. The molecule has 13 rings (SSSR count). The Morgan fingerprint density at radius 1 is 0.415 bits per heavy atom. The topological polar surface area (TPSA) is 79.2 Å². The zero-order valence-electron chi connectivity index (χ0n) is 35.0. The van der Waals surface area contributed by atoms with Gasteiger partial charge in [-0.3, -0.25) is 0 Å². The van der Waals surface area contributed by atoms with E-state index in [2.05, 4.69) is 204 Å². The van der Waals surface area contributed by atoms with E-state index >= 15 is 0 Å². The third-order valence-electron chi connectivity index (χ3n) is 12.1. The first-order chi connectivity index (χ1) is 31.7. The Morgan fingerprint density at radius 3 is 1.42 bits per heavy atom. The largest absolute Gasteiger partial charge is 0.383 e. The zero-order chi connectivity index (χ0) is 42.6. The molecule has 13 aromatic rings. The Hall–Kier alpha value is -8.10. The van der Waals surface area contributed by atoms with Crippen LogP contribution in [0, 0.1) is 12.1 Å². The first-order valence-electron chi connectivity index (χ1n) is 21.2. The summed E-state index contributed by atoms with van der Waals surface area (Å²) in [5.41, 5.74) is 12.8. The van der Waals surface area contributed by atoms with Crippen molar-refractivity contribution in [2.75, 3.05) is 0 Å². The number of aromatic nitrogens is 8. The van der Waals surface area contributed by atoms with E-state index in [1.165, 1.54) is 54.4 Å². The maximum absolute atomic E-state index is 4.47. The average Bonchev–Trinajstić information content (AvgIpc) is 4.00. The minimum atomic E-state index is 0. The summed E-state index contributed by atoms with van der Waals surface area (Å²) in [5, 5.41) is 25.1. The number of pyridine rings is 1. The van der Waals surface area contributed by atoms with Crippen molar-refractivity contribution < 1.29 is 20.1 Å². The zero-order valence-corrected chi connectivity index (χ0v) is 37.4. The Balaban J connectivity index is 0.000000187. The summed E-state index contributed by atoms with van der Waals surface area (Å²) in [5.74, 6) is 0.911. The van der Waals surface area contributed by atoms with Crippen LogP contribution in [0.25, 0.3) is 111 Å². The molecule has 0 unspecified atom stereocenters. The van der Waals surface area contributed by atoms with Crippen LogP contribution in [-0.2, 0) is 27.2 Å². The van der Waals surface area contributed by atoms with E-state index in [4.69, 9.17) is 0 Å². The van der Waals surface area contributed by atoms with Crippen molar-refractivity contribution in [3.05, 3.63) is 212 Å². The van der Waals surface area contributed by atoms with Gasteiger partial charge in [0.15, 0.2) is 0 Å². The summed E-state index contributed by atoms with van der Waals surface area (Å²) in [7, 11) is 2.10. The molecular weight excluding hydrogens is 977 g/mol. The molecule has 5 heterocycles. The molecule has 0 N–H and O–H groups in total. The van der Waals surface area contributed by atoms with Crippen LogP contribution in [0.15, 0.2) is 200 Å². The molecule has 0 aliphatic heterocycles. The number of fused-ring (bicyclic) bond motifs is 9. The molecule has 0 saturated heterocycles. The molecule has 0 atom stereocenters. The van der Waals surface area contributed by atoms with Gasteiger partial charge >= 0.3 is 0 Å². The predicted octanol–water partition coefficient (Wildman–Crippen LogP) is 12.8. The van der Waals surface area contributed by atoms with Gasteiger partial charge in [0.2, 0.25) is 5.82 Å². The van der Waals surface area contributed by atoms with Gasteiger partial charge in [0.25, 0.3) is 0 Å². The summed E-state index contributed by atoms with van der Waals surface area (Å²) in [4.78, 5) is 4.47. The van der Waals surface area contributed by atoms with Gasteiger partial charge in [-0.2, -0.15) is 10.2 Å². The molecule has 65 heavy (non-hydrogen) atoms. The van der Waals surface area contributed by atoms with Gasteiger partial charge in [-0.15, -0.1) is 63.8 Å². The predicted molar refractivity (Wildman–Crippen MR) is 258 cm³/mol. The van der Waals surface area contributed by atoms with Gasteiger partial charge in [-0.05, 0) is 82.9 Å². The molecule has 1 radical (unpaired) electrons. The Kier molecular flexibility index (Phi) is 10.1. The molecule has 0 aliphatic carbocycles. The molecule has 0 amide bonds. The second kappa shape index (κ2) is 16.5. The van der Waals surface area contributed by atoms with E-state index in [-0.39, 0.29) is 20.1 Å². The Bertz CT molecular complexity index is 3550. The van der Waals surface area contributed by atoms with Crippen LogP contribution in [0.3, 0.4) is 0 Å². The smallest absolute Gasteiger partial charge is 0.201 e. The first kappa shape index (κ1) is 39.7. The average molecular weight is 1010 g/mol. The monoisotopic (exact) mass is 1010 g/mol. The van der Waals surface area contributed by atoms with Crippen molar-refractivity contribution in [3.8, 4) is 45.4 Å². The second-order valence-electron chi connectivity index (χ2n) is 15.7.